The number of rotatable bonds is 16. The molecule has 6 rings (SSSR count). The Labute approximate surface area is 315 Å². The van der Waals surface area contributed by atoms with Crippen LogP contribution in [-0.4, -0.2) is 104 Å². The summed E-state index contributed by atoms with van der Waals surface area (Å²) >= 11 is 0. The van der Waals surface area contributed by atoms with Gasteiger partial charge in [0.1, 0.15) is 23.1 Å². The average Bonchev–Trinajstić information content (AvgIpc) is 3.57. The summed E-state index contributed by atoms with van der Waals surface area (Å²) in [6.45, 7) is 6.01. The number of imide groups is 1. The molecule has 2 fully saturated rings. The number of piperidine rings is 1. The zero-order valence-corrected chi connectivity index (χ0v) is 31.6. The maximum absolute atomic E-state index is 12.8. The number of hydrogen-bond acceptors (Lipinski definition) is 10. The smallest absolute Gasteiger partial charge is 0.274 e. The Balaban J connectivity index is 0.877. The van der Waals surface area contributed by atoms with Crippen LogP contribution in [0.25, 0.3) is 22.0 Å². The van der Waals surface area contributed by atoms with E-state index in [1.54, 1.807) is 25.8 Å². The summed E-state index contributed by atoms with van der Waals surface area (Å²) < 4.78 is 20.8. The first-order chi connectivity index (χ1) is 26.1. The number of aryl methyl sites for hydroxylation is 2. The lowest BCUT2D eigenvalue weighted by molar-refractivity contribution is -0.133. The number of benzene rings is 2. The van der Waals surface area contributed by atoms with Crippen molar-refractivity contribution in [3.05, 3.63) is 70.8 Å². The maximum atomic E-state index is 12.8. The number of methoxy groups -OCH3 is 2. The predicted octanol–water partition coefficient (Wildman–Crippen LogP) is 3.06. The van der Waals surface area contributed by atoms with Crippen molar-refractivity contribution in [1.82, 2.24) is 24.7 Å². The molecule has 2 saturated heterocycles. The van der Waals surface area contributed by atoms with E-state index in [1.165, 1.54) is 0 Å². The normalized spacial score (nSPS) is 16.4. The lowest BCUT2D eigenvalue weighted by Crippen LogP contribution is -2.47. The van der Waals surface area contributed by atoms with Gasteiger partial charge >= 0.3 is 0 Å². The monoisotopic (exact) mass is 741 g/mol. The molecule has 0 spiro atoms. The van der Waals surface area contributed by atoms with Gasteiger partial charge < -0.3 is 38.9 Å². The second-order valence-electron chi connectivity index (χ2n) is 13.8. The lowest BCUT2D eigenvalue weighted by Gasteiger charge is -2.36. The number of fused-ring (bicyclic) bond motifs is 1. The molecule has 0 saturated carbocycles. The number of amides is 3. The fourth-order valence-electron chi connectivity index (χ4n) is 7.22. The zero-order chi connectivity index (χ0) is 38.2. The summed E-state index contributed by atoms with van der Waals surface area (Å²) in [5.74, 6) is 0.829. The van der Waals surface area contributed by atoms with E-state index in [2.05, 4.69) is 37.9 Å². The van der Waals surface area contributed by atoms with Crippen molar-refractivity contribution in [2.45, 2.75) is 38.1 Å². The molecule has 4 aromatic rings. The van der Waals surface area contributed by atoms with Crippen molar-refractivity contribution in [2.75, 3.05) is 76.9 Å². The molecule has 2 aliphatic rings. The third-order valence-corrected chi connectivity index (χ3v) is 10.3. The second kappa shape index (κ2) is 17.7. The van der Waals surface area contributed by atoms with E-state index in [9.17, 15) is 19.2 Å². The number of pyridine rings is 1. The van der Waals surface area contributed by atoms with E-state index in [0.717, 1.165) is 66.2 Å². The highest BCUT2D eigenvalue weighted by atomic mass is 16.5. The second-order valence-corrected chi connectivity index (χ2v) is 13.8. The first-order valence-electron chi connectivity index (χ1n) is 18.6. The van der Waals surface area contributed by atoms with E-state index >= 15 is 0 Å². The minimum Gasteiger partial charge on any atom is -0.496 e. The Hall–Kier alpha value is -5.34. The summed E-state index contributed by atoms with van der Waals surface area (Å²) in [7, 11) is 6.87. The molecular formula is C40H51N7O7. The number of ether oxygens (including phenoxy) is 3. The predicted molar refractivity (Wildman–Crippen MR) is 208 cm³/mol. The number of carbonyl (C=O) groups is 3. The Bertz CT molecular complexity index is 1990. The van der Waals surface area contributed by atoms with Gasteiger partial charge in [0.15, 0.2) is 0 Å². The molecule has 14 heteroatoms. The molecule has 0 aliphatic carbocycles. The molecule has 54 heavy (non-hydrogen) atoms. The Morgan fingerprint density at radius 2 is 1.65 bits per heavy atom. The van der Waals surface area contributed by atoms with Gasteiger partial charge in [0, 0.05) is 106 Å². The highest BCUT2D eigenvalue weighted by Gasteiger charge is 2.26. The molecule has 3 amide bonds. The molecule has 1 atom stereocenters. The number of anilines is 2. The van der Waals surface area contributed by atoms with Crippen LogP contribution in [0.5, 0.6) is 11.5 Å². The van der Waals surface area contributed by atoms with Crippen LogP contribution in [0.15, 0.2) is 59.7 Å². The summed E-state index contributed by atoms with van der Waals surface area (Å²) in [5.41, 5.74) is 5.25. The van der Waals surface area contributed by atoms with Gasteiger partial charge in [0.2, 0.25) is 17.7 Å². The zero-order valence-electron chi connectivity index (χ0n) is 31.6. The van der Waals surface area contributed by atoms with Crippen molar-refractivity contribution in [3.63, 3.8) is 0 Å². The van der Waals surface area contributed by atoms with Crippen LogP contribution in [0.4, 0.5) is 11.4 Å². The van der Waals surface area contributed by atoms with Crippen LogP contribution in [0, 0.1) is 0 Å². The number of nitrogens with one attached hydrogen (secondary N) is 3. The van der Waals surface area contributed by atoms with E-state index < -0.39 is 6.04 Å². The number of nitrogens with zero attached hydrogens (tertiary/aromatic N) is 4. The Kier molecular flexibility index (Phi) is 12.6. The quantitative estimate of drug-likeness (QED) is 0.116. The van der Waals surface area contributed by atoms with Gasteiger partial charge in [-0.2, -0.15) is 0 Å². The average molecular weight is 742 g/mol. The summed E-state index contributed by atoms with van der Waals surface area (Å²) in [4.78, 5) is 53.6. The molecule has 1 unspecified atom stereocenters. The van der Waals surface area contributed by atoms with Crippen LogP contribution in [0.1, 0.15) is 31.2 Å². The van der Waals surface area contributed by atoms with Gasteiger partial charge in [-0.3, -0.25) is 29.4 Å². The Morgan fingerprint density at radius 3 is 2.33 bits per heavy atom. The van der Waals surface area contributed by atoms with E-state index in [4.69, 9.17) is 14.2 Å². The molecule has 4 heterocycles. The van der Waals surface area contributed by atoms with Crippen LogP contribution in [0.3, 0.4) is 0 Å². The topological polar surface area (TPSA) is 148 Å². The van der Waals surface area contributed by atoms with E-state index in [0.29, 0.717) is 68.9 Å². The van der Waals surface area contributed by atoms with Crippen LogP contribution in [0.2, 0.25) is 0 Å². The summed E-state index contributed by atoms with van der Waals surface area (Å²) in [6, 6.07) is 13.6. The SMILES string of the molecule is COc1cc(-c2cn(C)c(=O)c3c2ccn3C)cc(OC)c1CCCC(=O)NCCOCCN1CCN(c2ccc(NC3CCC(=O)NC3=O)cc2)CC1. The van der Waals surface area contributed by atoms with E-state index in [1.807, 2.05) is 54.3 Å². The fraction of sp³-hybridized carbons (Fsp3) is 0.450. The van der Waals surface area contributed by atoms with Gasteiger partial charge in [-0.15, -0.1) is 0 Å². The lowest BCUT2D eigenvalue weighted by atomic mass is 9.98. The first kappa shape index (κ1) is 38.4. The van der Waals surface area contributed by atoms with Crippen LogP contribution in [-0.2, 0) is 39.6 Å². The summed E-state index contributed by atoms with van der Waals surface area (Å²) in [6.07, 6.45) is 6.16. The number of hydrogen-bond donors (Lipinski definition) is 3. The van der Waals surface area contributed by atoms with Crippen LogP contribution >= 0.6 is 0 Å². The minimum atomic E-state index is -0.393. The van der Waals surface area contributed by atoms with Crippen molar-refractivity contribution in [2.24, 2.45) is 14.1 Å². The first-order valence-corrected chi connectivity index (χ1v) is 18.6. The molecule has 2 aromatic heterocycles. The molecule has 14 nitrogen and oxygen atoms in total. The highest BCUT2D eigenvalue weighted by molar-refractivity contribution is 6.01. The molecule has 3 N–H and O–H groups in total. The van der Waals surface area contributed by atoms with Crippen molar-refractivity contribution in [3.8, 4) is 22.6 Å². The maximum Gasteiger partial charge on any atom is 0.274 e. The third kappa shape index (κ3) is 9.05. The van der Waals surface area contributed by atoms with Gasteiger partial charge in [-0.05, 0) is 67.3 Å². The number of carbonyl (C=O) groups excluding carboxylic acids is 3. The number of piperazine rings is 1. The highest BCUT2D eigenvalue weighted by Crippen LogP contribution is 2.38. The third-order valence-electron chi connectivity index (χ3n) is 10.3. The fourth-order valence-corrected chi connectivity index (χ4v) is 7.22. The summed E-state index contributed by atoms with van der Waals surface area (Å²) in [5, 5.41) is 9.43. The van der Waals surface area contributed by atoms with Gasteiger partial charge in [-0.25, -0.2) is 0 Å². The van der Waals surface area contributed by atoms with E-state index in [-0.39, 0.29) is 23.3 Å². The number of aromatic nitrogens is 2. The molecule has 0 bridgehead atoms. The molecular weight excluding hydrogens is 690 g/mol. The van der Waals surface area contributed by atoms with Gasteiger partial charge in [-0.1, -0.05) is 0 Å². The standard InChI is InChI=1S/C40H51N7O7/c1-44-16-14-30-32(26-45(2)40(51)38(30)44)27-24-34(52-3)31(35(25-27)53-4)6-5-7-36(48)41-15-22-54-23-21-46-17-19-47(20-18-46)29-10-8-28(9-11-29)42-33-12-13-37(49)43-39(33)50/h8-11,14,16,24-26,33,42H,5-7,12-13,15,17-23H2,1-4H3,(H,41,48)(H,43,49,50). The molecule has 0 radical (unpaired) electrons. The van der Waals surface area contributed by atoms with Crippen molar-refractivity contribution >= 4 is 40.0 Å². The molecule has 288 valence electrons. The largest absolute Gasteiger partial charge is 0.496 e. The van der Waals surface area contributed by atoms with Gasteiger partial charge in [0.05, 0.1) is 27.4 Å². The van der Waals surface area contributed by atoms with Crippen LogP contribution < -0.4 is 35.9 Å². The molecule has 2 aliphatic heterocycles. The Morgan fingerprint density at radius 1 is 0.926 bits per heavy atom. The minimum absolute atomic E-state index is 0.0271. The van der Waals surface area contributed by atoms with Crippen molar-refractivity contribution in [1.29, 1.82) is 0 Å². The molecule has 2 aromatic carbocycles. The van der Waals surface area contributed by atoms with Gasteiger partial charge in [0.25, 0.3) is 5.56 Å². The van der Waals surface area contributed by atoms with Crippen molar-refractivity contribution < 1.29 is 28.6 Å².